The molecule has 2 heterocycles. The molecule has 5 nitrogen and oxygen atoms in total. The summed E-state index contributed by atoms with van der Waals surface area (Å²) in [7, 11) is 0. The van der Waals surface area contributed by atoms with Crippen LogP contribution in [0.3, 0.4) is 0 Å². The van der Waals surface area contributed by atoms with E-state index in [1.54, 1.807) is 22.9 Å². The predicted molar refractivity (Wildman–Crippen MR) is 96.7 cm³/mol. The average molecular weight is 350 g/mol. The van der Waals surface area contributed by atoms with Crippen LogP contribution in [0.2, 0.25) is 0 Å². The number of hydrogen-bond acceptors (Lipinski definition) is 4. The number of rotatable bonds is 3. The summed E-state index contributed by atoms with van der Waals surface area (Å²) in [6, 6.07) is 16.6. The number of fused-ring (bicyclic) bond motifs is 1. The number of carbonyl (C=O) groups is 3. The van der Waals surface area contributed by atoms with Gasteiger partial charge in [0.15, 0.2) is 0 Å². The van der Waals surface area contributed by atoms with Crippen molar-refractivity contribution in [2.24, 2.45) is 0 Å². The van der Waals surface area contributed by atoms with Crippen LogP contribution in [0.25, 0.3) is 10.9 Å². The topological polar surface area (TPSA) is 68.2 Å². The van der Waals surface area contributed by atoms with Crippen molar-refractivity contribution in [1.29, 1.82) is 0 Å². The van der Waals surface area contributed by atoms with E-state index in [0.29, 0.717) is 12.0 Å². The molecule has 0 radical (unpaired) electrons. The molecule has 1 unspecified atom stereocenters. The number of nitrogens with zero attached hydrogens (tertiary/aromatic N) is 1. The summed E-state index contributed by atoms with van der Waals surface area (Å²) in [5.41, 5.74) is 2.35. The van der Waals surface area contributed by atoms with Crippen LogP contribution in [0.15, 0.2) is 60.8 Å². The molecule has 0 bridgehead atoms. The smallest absolute Gasteiger partial charge is 0.286 e. The molecule has 6 heteroatoms. The third-order valence-electron chi connectivity index (χ3n) is 4.24. The van der Waals surface area contributed by atoms with E-state index >= 15 is 0 Å². The lowest BCUT2D eigenvalue weighted by Gasteiger charge is -2.08. The molecule has 124 valence electrons. The lowest BCUT2D eigenvalue weighted by atomic mass is 10.0. The number of aromatic nitrogens is 1. The lowest BCUT2D eigenvalue weighted by Crippen LogP contribution is -2.25. The van der Waals surface area contributed by atoms with Gasteiger partial charge < -0.3 is 0 Å². The maximum Gasteiger partial charge on any atom is 0.286 e. The fourth-order valence-electron chi connectivity index (χ4n) is 3.03. The third-order valence-corrected chi connectivity index (χ3v) is 5.22. The second kappa shape index (κ2) is 6.22. The number of hydrogen-bond donors (Lipinski definition) is 1. The molecule has 25 heavy (non-hydrogen) atoms. The van der Waals surface area contributed by atoms with E-state index < -0.39 is 5.25 Å². The summed E-state index contributed by atoms with van der Waals surface area (Å²) in [5.74, 6) is -0.359. The van der Waals surface area contributed by atoms with Crippen molar-refractivity contribution in [3.8, 4) is 0 Å². The molecule has 2 amide bonds. The normalized spacial score (nSPS) is 17.0. The standard InChI is InChI=1S/C19H14N2O3S/c22-17-16(25-19(24)20-17)11-13-7-4-8-15-14(13)9-10-21(15)18(23)12-5-2-1-3-6-12/h1-10,16H,11H2,(H,20,22,24). The summed E-state index contributed by atoms with van der Waals surface area (Å²) in [6.07, 6.45) is 2.19. The van der Waals surface area contributed by atoms with Gasteiger partial charge in [0.05, 0.1) is 10.8 Å². The molecule has 2 aromatic carbocycles. The Morgan fingerprint density at radius 3 is 2.56 bits per heavy atom. The Bertz CT molecular complexity index is 994. The van der Waals surface area contributed by atoms with Gasteiger partial charge in [-0.25, -0.2) is 0 Å². The van der Waals surface area contributed by atoms with Crippen LogP contribution in [0.1, 0.15) is 15.9 Å². The molecule has 1 atom stereocenters. The van der Waals surface area contributed by atoms with Crippen LogP contribution in [0.5, 0.6) is 0 Å². The van der Waals surface area contributed by atoms with E-state index in [2.05, 4.69) is 5.32 Å². The summed E-state index contributed by atoms with van der Waals surface area (Å²) in [5, 5.41) is 2.49. The molecule has 1 N–H and O–H groups in total. The number of benzene rings is 2. The predicted octanol–water partition coefficient (Wildman–Crippen LogP) is 3.22. The van der Waals surface area contributed by atoms with Crippen LogP contribution >= 0.6 is 11.8 Å². The maximum absolute atomic E-state index is 12.7. The minimum atomic E-state index is -0.425. The van der Waals surface area contributed by atoms with Gasteiger partial charge in [-0.2, -0.15) is 0 Å². The minimum absolute atomic E-state index is 0.101. The monoisotopic (exact) mass is 350 g/mol. The molecule has 1 aromatic heterocycles. The highest BCUT2D eigenvalue weighted by molar-refractivity contribution is 8.15. The van der Waals surface area contributed by atoms with Crippen LogP contribution in [-0.4, -0.2) is 26.9 Å². The van der Waals surface area contributed by atoms with Gasteiger partial charge in [0.2, 0.25) is 5.91 Å². The van der Waals surface area contributed by atoms with E-state index in [1.807, 2.05) is 42.5 Å². The summed E-state index contributed by atoms with van der Waals surface area (Å²) < 4.78 is 1.61. The van der Waals surface area contributed by atoms with Crippen molar-refractivity contribution in [3.63, 3.8) is 0 Å². The zero-order valence-corrected chi connectivity index (χ0v) is 14.0. The molecule has 1 fully saturated rings. The maximum atomic E-state index is 12.7. The molecule has 3 aromatic rings. The van der Waals surface area contributed by atoms with Crippen molar-refractivity contribution in [1.82, 2.24) is 9.88 Å². The zero-order chi connectivity index (χ0) is 17.4. The summed E-state index contributed by atoms with van der Waals surface area (Å²) in [4.78, 5) is 35.9. The van der Waals surface area contributed by atoms with Gasteiger partial charge in [-0.3, -0.25) is 24.3 Å². The van der Waals surface area contributed by atoms with Crippen molar-refractivity contribution in [2.75, 3.05) is 0 Å². The Morgan fingerprint density at radius 2 is 1.84 bits per heavy atom. The molecular formula is C19H14N2O3S. The SMILES string of the molecule is O=C1NC(=O)C(Cc2cccc3c2ccn3C(=O)c2ccccc2)S1. The molecule has 0 aliphatic carbocycles. The highest BCUT2D eigenvalue weighted by Gasteiger charge is 2.32. The second-order valence-electron chi connectivity index (χ2n) is 5.79. The molecule has 4 rings (SSSR count). The van der Waals surface area contributed by atoms with Crippen molar-refractivity contribution < 1.29 is 14.4 Å². The Labute approximate surface area is 148 Å². The van der Waals surface area contributed by atoms with E-state index in [0.717, 1.165) is 28.2 Å². The molecule has 1 aliphatic rings. The van der Waals surface area contributed by atoms with Gasteiger partial charge >= 0.3 is 0 Å². The van der Waals surface area contributed by atoms with Crippen molar-refractivity contribution in [3.05, 3.63) is 71.9 Å². The van der Waals surface area contributed by atoms with Gasteiger partial charge in [-0.05, 0) is 36.2 Å². The first-order chi connectivity index (χ1) is 12.1. The molecular weight excluding hydrogens is 336 g/mol. The van der Waals surface area contributed by atoms with Crippen molar-refractivity contribution >= 4 is 39.7 Å². The number of imide groups is 1. The lowest BCUT2D eigenvalue weighted by molar-refractivity contribution is -0.118. The van der Waals surface area contributed by atoms with Crippen LogP contribution < -0.4 is 5.32 Å². The average Bonchev–Trinajstić information content (AvgIpc) is 3.19. The first kappa shape index (κ1) is 15.7. The summed E-state index contributed by atoms with van der Waals surface area (Å²) in [6.45, 7) is 0. The highest BCUT2D eigenvalue weighted by atomic mass is 32.2. The van der Waals surface area contributed by atoms with Gasteiger partial charge in [0.25, 0.3) is 11.1 Å². The highest BCUT2D eigenvalue weighted by Crippen LogP contribution is 2.28. The summed E-state index contributed by atoms with van der Waals surface area (Å²) >= 11 is 1.01. The fourth-order valence-corrected chi connectivity index (χ4v) is 3.88. The van der Waals surface area contributed by atoms with Crippen LogP contribution in [0, 0.1) is 0 Å². The third kappa shape index (κ3) is 2.85. The second-order valence-corrected chi connectivity index (χ2v) is 6.97. The van der Waals surface area contributed by atoms with E-state index in [4.69, 9.17) is 0 Å². The Balaban J connectivity index is 1.70. The number of nitrogens with one attached hydrogen (secondary N) is 1. The zero-order valence-electron chi connectivity index (χ0n) is 13.1. The molecule has 1 aliphatic heterocycles. The van der Waals surface area contributed by atoms with E-state index in [1.165, 1.54) is 0 Å². The van der Waals surface area contributed by atoms with Gasteiger partial charge in [0, 0.05) is 17.1 Å². The molecule has 0 spiro atoms. The molecule has 0 saturated carbocycles. The van der Waals surface area contributed by atoms with E-state index in [9.17, 15) is 14.4 Å². The number of carbonyl (C=O) groups excluding carboxylic acids is 3. The first-order valence-electron chi connectivity index (χ1n) is 7.83. The Kier molecular flexibility index (Phi) is 3.89. The van der Waals surface area contributed by atoms with Crippen LogP contribution in [0.4, 0.5) is 4.79 Å². The largest absolute Gasteiger partial charge is 0.286 e. The quantitative estimate of drug-likeness (QED) is 0.787. The van der Waals surface area contributed by atoms with Gasteiger partial charge in [0.1, 0.15) is 0 Å². The minimum Gasteiger partial charge on any atom is -0.286 e. The van der Waals surface area contributed by atoms with Crippen LogP contribution in [-0.2, 0) is 11.2 Å². The van der Waals surface area contributed by atoms with Gasteiger partial charge in [-0.15, -0.1) is 0 Å². The van der Waals surface area contributed by atoms with Crippen molar-refractivity contribution in [2.45, 2.75) is 11.7 Å². The van der Waals surface area contributed by atoms with E-state index in [-0.39, 0.29) is 17.1 Å². The Morgan fingerprint density at radius 1 is 1.04 bits per heavy atom. The Hall–Kier alpha value is -2.86. The number of thioether (sulfide) groups is 1. The first-order valence-corrected chi connectivity index (χ1v) is 8.71. The molecule has 1 saturated heterocycles. The van der Waals surface area contributed by atoms with Gasteiger partial charge in [-0.1, -0.05) is 42.1 Å². The number of amides is 2. The fraction of sp³-hybridized carbons (Fsp3) is 0.105.